The molecule has 0 aromatic heterocycles. The van der Waals surface area contributed by atoms with Crippen molar-refractivity contribution < 1.29 is 9.47 Å². The molecular formula is C17H27NO2. The fourth-order valence-electron chi connectivity index (χ4n) is 2.67. The second-order valence-corrected chi connectivity index (χ2v) is 6.04. The van der Waals surface area contributed by atoms with Crippen LogP contribution in [0.4, 0.5) is 0 Å². The highest BCUT2D eigenvalue weighted by atomic mass is 16.5. The molecular weight excluding hydrogens is 250 g/mol. The lowest BCUT2D eigenvalue weighted by Gasteiger charge is -2.20. The summed E-state index contributed by atoms with van der Waals surface area (Å²) >= 11 is 0. The number of hydrogen-bond donors (Lipinski definition) is 1. The molecule has 1 aliphatic carbocycles. The van der Waals surface area contributed by atoms with E-state index in [4.69, 9.17) is 9.47 Å². The van der Waals surface area contributed by atoms with Gasteiger partial charge in [-0.2, -0.15) is 0 Å². The van der Waals surface area contributed by atoms with Crippen LogP contribution in [0.2, 0.25) is 0 Å². The molecule has 1 fully saturated rings. The van der Waals surface area contributed by atoms with Gasteiger partial charge in [-0.15, -0.1) is 0 Å². The maximum atomic E-state index is 5.61. The van der Waals surface area contributed by atoms with Crippen LogP contribution in [0.3, 0.4) is 0 Å². The SMILES string of the molecule is CCOc1cc(CNCC2(C(C)C)CC2)ccc1OC. The average molecular weight is 277 g/mol. The van der Waals surface area contributed by atoms with Crippen molar-refractivity contribution in [2.24, 2.45) is 11.3 Å². The Hall–Kier alpha value is -1.22. The molecule has 0 heterocycles. The molecule has 0 bridgehead atoms. The number of benzene rings is 1. The molecule has 0 atom stereocenters. The Morgan fingerprint density at radius 1 is 1.25 bits per heavy atom. The van der Waals surface area contributed by atoms with E-state index in [-0.39, 0.29) is 0 Å². The van der Waals surface area contributed by atoms with Crippen LogP contribution in [0.15, 0.2) is 18.2 Å². The smallest absolute Gasteiger partial charge is 0.161 e. The van der Waals surface area contributed by atoms with Crippen molar-refractivity contribution in [3.63, 3.8) is 0 Å². The van der Waals surface area contributed by atoms with E-state index >= 15 is 0 Å². The van der Waals surface area contributed by atoms with Gasteiger partial charge in [0.15, 0.2) is 11.5 Å². The summed E-state index contributed by atoms with van der Waals surface area (Å²) < 4.78 is 10.9. The van der Waals surface area contributed by atoms with E-state index in [0.29, 0.717) is 12.0 Å². The van der Waals surface area contributed by atoms with Gasteiger partial charge in [0.25, 0.3) is 0 Å². The lowest BCUT2D eigenvalue weighted by atomic mass is 9.92. The molecule has 0 saturated heterocycles. The van der Waals surface area contributed by atoms with E-state index in [2.05, 4.69) is 31.3 Å². The summed E-state index contributed by atoms with van der Waals surface area (Å²) in [5.74, 6) is 2.40. The molecule has 1 aromatic rings. The fourth-order valence-corrected chi connectivity index (χ4v) is 2.67. The second kappa shape index (κ2) is 6.49. The standard InChI is InChI=1S/C17H27NO2/c1-5-20-16-10-14(6-7-15(16)19-4)11-18-12-17(8-9-17)13(2)3/h6-7,10,13,18H,5,8-9,11-12H2,1-4H3. The lowest BCUT2D eigenvalue weighted by molar-refractivity contribution is 0.310. The van der Waals surface area contributed by atoms with Crippen molar-refractivity contribution in [2.45, 2.75) is 40.2 Å². The largest absolute Gasteiger partial charge is 0.493 e. The van der Waals surface area contributed by atoms with Crippen molar-refractivity contribution in [1.82, 2.24) is 5.32 Å². The van der Waals surface area contributed by atoms with Gasteiger partial charge >= 0.3 is 0 Å². The van der Waals surface area contributed by atoms with Gasteiger partial charge in [0.05, 0.1) is 13.7 Å². The summed E-state index contributed by atoms with van der Waals surface area (Å²) in [5, 5.41) is 3.60. The Balaban J connectivity index is 1.91. The van der Waals surface area contributed by atoms with E-state index in [1.165, 1.54) is 18.4 Å². The van der Waals surface area contributed by atoms with Gasteiger partial charge in [-0.05, 0) is 48.8 Å². The van der Waals surface area contributed by atoms with Crippen LogP contribution in [0, 0.1) is 11.3 Å². The summed E-state index contributed by atoms with van der Waals surface area (Å²) in [7, 11) is 1.68. The molecule has 3 heteroatoms. The molecule has 1 saturated carbocycles. The van der Waals surface area contributed by atoms with Crippen LogP contribution in [-0.2, 0) is 6.54 Å². The topological polar surface area (TPSA) is 30.5 Å². The summed E-state index contributed by atoms with van der Waals surface area (Å²) in [5.41, 5.74) is 1.80. The quantitative estimate of drug-likeness (QED) is 0.787. The molecule has 1 N–H and O–H groups in total. The monoisotopic (exact) mass is 277 g/mol. The predicted molar refractivity (Wildman–Crippen MR) is 82.4 cm³/mol. The van der Waals surface area contributed by atoms with Crippen LogP contribution in [0.25, 0.3) is 0 Å². The van der Waals surface area contributed by atoms with Crippen molar-refractivity contribution in [3.8, 4) is 11.5 Å². The highest BCUT2D eigenvalue weighted by Gasteiger charge is 2.44. The number of hydrogen-bond acceptors (Lipinski definition) is 3. The van der Waals surface area contributed by atoms with Gasteiger partial charge in [-0.1, -0.05) is 19.9 Å². The zero-order valence-electron chi connectivity index (χ0n) is 13.2. The summed E-state index contributed by atoms with van der Waals surface area (Å²) in [6, 6.07) is 6.16. The first kappa shape index (κ1) is 15.2. The third kappa shape index (κ3) is 3.45. The van der Waals surface area contributed by atoms with Crippen molar-refractivity contribution >= 4 is 0 Å². The molecule has 1 aromatic carbocycles. The first-order valence-electron chi connectivity index (χ1n) is 7.62. The normalized spacial score (nSPS) is 16.2. The van der Waals surface area contributed by atoms with Crippen LogP contribution in [0.1, 0.15) is 39.2 Å². The van der Waals surface area contributed by atoms with E-state index in [1.807, 2.05) is 13.0 Å². The van der Waals surface area contributed by atoms with Gasteiger partial charge < -0.3 is 14.8 Å². The van der Waals surface area contributed by atoms with Crippen LogP contribution >= 0.6 is 0 Å². The number of nitrogens with one attached hydrogen (secondary N) is 1. The second-order valence-electron chi connectivity index (χ2n) is 6.04. The van der Waals surface area contributed by atoms with Crippen molar-refractivity contribution in [1.29, 1.82) is 0 Å². The lowest BCUT2D eigenvalue weighted by Crippen LogP contribution is -2.27. The molecule has 0 amide bonds. The highest BCUT2D eigenvalue weighted by Crippen LogP contribution is 2.51. The Bertz CT molecular complexity index is 439. The minimum Gasteiger partial charge on any atom is -0.493 e. The Morgan fingerprint density at radius 2 is 2.00 bits per heavy atom. The molecule has 1 aliphatic rings. The van der Waals surface area contributed by atoms with Gasteiger partial charge in [0, 0.05) is 13.1 Å². The number of rotatable bonds is 8. The van der Waals surface area contributed by atoms with E-state index in [0.717, 1.165) is 30.5 Å². The third-order valence-corrected chi connectivity index (χ3v) is 4.45. The van der Waals surface area contributed by atoms with E-state index < -0.39 is 0 Å². The van der Waals surface area contributed by atoms with E-state index in [1.54, 1.807) is 7.11 Å². The molecule has 2 rings (SSSR count). The maximum Gasteiger partial charge on any atom is 0.161 e. The summed E-state index contributed by atoms with van der Waals surface area (Å²) in [6.45, 7) is 9.30. The molecule has 20 heavy (non-hydrogen) atoms. The number of methoxy groups -OCH3 is 1. The molecule has 0 spiro atoms. The minimum absolute atomic E-state index is 0.551. The van der Waals surface area contributed by atoms with Crippen molar-refractivity contribution in [3.05, 3.63) is 23.8 Å². The van der Waals surface area contributed by atoms with E-state index in [9.17, 15) is 0 Å². The van der Waals surface area contributed by atoms with Gasteiger partial charge in [0.2, 0.25) is 0 Å². The molecule has 0 aliphatic heterocycles. The Kier molecular flexibility index (Phi) is 4.92. The Morgan fingerprint density at radius 3 is 2.55 bits per heavy atom. The van der Waals surface area contributed by atoms with Gasteiger partial charge in [0.1, 0.15) is 0 Å². The maximum absolute atomic E-state index is 5.61. The predicted octanol–water partition coefficient (Wildman–Crippen LogP) is 3.62. The first-order valence-corrected chi connectivity index (χ1v) is 7.62. The molecule has 0 unspecified atom stereocenters. The first-order chi connectivity index (χ1) is 9.61. The Labute approximate surface area is 122 Å². The highest BCUT2D eigenvalue weighted by molar-refractivity contribution is 5.42. The summed E-state index contributed by atoms with van der Waals surface area (Å²) in [6.07, 6.45) is 2.73. The molecule has 0 radical (unpaired) electrons. The zero-order valence-corrected chi connectivity index (χ0v) is 13.2. The summed E-state index contributed by atoms with van der Waals surface area (Å²) in [4.78, 5) is 0. The third-order valence-electron chi connectivity index (χ3n) is 4.45. The number of ether oxygens (including phenoxy) is 2. The fraction of sp³-hybridized carbons (Fsp3) is 0.647. The van der Waals surface area contributed by atoms with Crippen molar-refractivity contribution in [2.75, 3.05) is 20.3 Å². The van der Waals surface area contributed by atoms with Gasteiger partial charge in [-0.25, -0.2) is 0 Å². The van der Waals surface area contributed by atoms with Crippen LogP contribution in [-0.4, -0.2) is 20.3 Å². The van der Waals surface area contributed by atoms with Crippen LogP contribution in [0.5, 0.6) is 11.5 Å². The van der Waals surface area contributed by atoms with Gasteiger partial charge in [-0.3, -0.25) is 0 Å². The molecule has 112 valence electrons. The van der Waals surface area contributed by atoms with Crippen LogP contribution < -0.4 is 14.8 Å². The minimum atomic E-state index is 0.551. The molecule has 3 nitrogen and oxygen atoms in total. The average Bonchev–Trinajstić information content (AvgIpc) is 3.21. The zero-order chi connectivity index (χ0) is 14.6.